The second-order valence-corrected chi connectivity index (χ2v) is 4.44. The van der Waals surface area contributed by atoms with E-state index in [0.717, 1.165) is 0 Å². The number of aliphatic hydroxyl groups excluding tert-OH is 1. The lowest BCUT2D eigenvalue weighted by molar-refractivity contribution is 0.214. The second-order valence-electron chi connectivity index (χ2n) is 3.59. The summed E-state index contributed by atoms with van der Waals surface area (Å²) in [5.74, 6) is -0.905. The van der Waals surface area contributed by atoms with Gasteiger partial charge in [0.1, 0.15) is 17.7 Å². The number of halogens is 3. The topological polar surface area (TPSA) is 20.2 Å². The molecule has 1 unspecified atom stereocenters. The van der Waals surface area contributed by atoms with Crippen LogP contribution in [-0.2, 0) is 0 Å². The molecule has 0 aliphatic heterocycles. The summed E-state index contributed by atoms with van der Waals surface area (Å²) in [5, 5.41) is 10.1. The van der Waals surface area contributed by atoms with Crippen LogP contribution < -0.4 is 0 Å². The highest BCUT2D eigenvalue weighted by Gasteiger charge is 2.17. The van der Waals surface area contributed by atoms with Crippen molar-refractivity contribution in [2.24, 2.45) is 0 Å². The molecule has 0 amide bonds. The first kappa shape index (κ1) is 12.2. The van der Waals surface area contributed by atoms with Gasteiger partial charge in [-0.2, -0.15) is 0 Å². The lowest BCUT2D eigenvalue weighted by Crippen LogP contribution is -2.03. The van der Waals surface area contributed by atoms with E-state index in [2.05, 4.69) is 15.9 Å². The van der Waals surface area contributed by atoms with Crippen molar-refractivity contribution < 1.29 is 13.9 Å². The molecule has 0 aromatic heterocycles. The van der Waals surface area contributed by atoms with Crippen LogP contribution >= 0.6 is 15.9 Å². The van der Waals surface area contributed by atoms with Crippen LogP contribution in [0.3, 0.4) is 0 Å². The van der Waals surface area contributed by atoms with Crippen molar-refractivity contribution in [3.8, 4) is 0 Å². The Balaban J connectivity index is 2.44. The molecule has 1 N–H and O–H groups in total. The van der Waals surface area contributed by atoms with Crippen LogP contribution in [0.4, 0.5) is 8.78 Å². The maximum Gasteiger partial charge on any atom is 0.129 e. The Kier molecular flexibility index (Phi) is 3.54. The lowest BCUT2D eigenvalue weighted by atomic mass is 10.0. The van der Waals surface area contributed by atoms with Crippen LogP contribution in [0.2, 0.25) is 0 Å². The quantitative estimate of drug-likeness (QED) is 0.894. The molecule has 0 radical (unpaired) electrons. The summed E-state index contributed by atoms with van der Waals surface area (Å²) >= 11 is 3.15. The summed E-state index contributed by atoms with van der Waals surface area (Å²) in [5.41, 5.74) is 0.594. The van der Waals surface area contributed by atoms with Crippen LogP contribution in [0, 0.1) is 11.6 Å². The molecule has 0 bridgehead atoms. The highest BCUT2D eigenvalue weighted by molar-refractivity contribution is 9.10. The van der Waals surface area contributed by atoms with Crippen molar-refractivity contribution in [1.29, 1.82) is 0 Å². The summed E-state index contributed by atoms with van der Waals surface area (Å²) in [4.78, 5) is 0. The van der Waals surface area contributed by atoms with E-state index in [0.29, 0.717) is 10.0 Å². The van der Waals surface area contributed by atoms with E-state index in [-0.39, 0.29) is 5.56 Å². The van der Waals surface area contributed by atoms with E-state index >= 15 is 0 Å². The van der Waals surface area contributed by atoms with Gasteiger partial charge in [-0.25, -0.2) is 8.78 Å². The molecule has 0 saturated carbocycles. The molecule has 0 aliphatic carbocycles. The van der Waals surface area contributed by atoms with E-state index in [1.165, 1.54) is 30.3 Å². The average molecular weight is 299 g/mol. The van der Waals surface area contributed by atoms with Crippen LogP contribution in [-0.4, -0.2) is 5.11 Å². The van der Waals surface area contributed by atoms with Gasteiger partial charge in [0.2, 0.25) is 0 Å². The normalized spacial score (nSPS) is 12.5. The lowest BCUT2D eigenvalue weighted by Gasteiger charge is -2.14. The van der Waals surface area contributed by atoms with Crippen molar-refractivity contribution in [3.05, 3.63) is 69.7 Å². The van der Waals surface area contributed by atoms with E-state index < -0.39 is 17.7 Å². The van der Waals surface area contributed by atoms with Crippen LogP contribution in [0.5, 0.6) is 0 Å². The summed E-state index contributed by atoms with van der Waals surface area (Å²) in [7, 11) is 0. The number of benzene rings is 2. The summed E-state index contributed by atoms with van der Waals surface area (Å²) < 4.78 is 26.8. The zero-order valence-corrected chi connectivity index (χ0v) is 10.3. The molecule has 17 heavy (non-hydrogen) atoms. The predicted molar refractivity (Wildman–Crippen MR) is 64.6 cm³/mol. The number of rotatable bonds is 2. The highest BCUT2D eigenvalue weighted by atomic mass is 79.9. The van der Waals surface area contributed by atoms with Crippen molar-refractivity contribution in [2.45, 2.75) is 6.10 Å². The Labute approximate surface area is 106 Å². The molecule has 2 aromatic carbocycles. The summed E-state index contributed by atoms with van der Waals surface area (Å²) in [6.45, 7) is 0. The number of hydrogen-bond donors (Lipinski definition) is 1. The van der Waals surface area contributed by atoms with Gasteiger partial charge in [0.25, 0.3) is 0 Å². The van der Waals surface area contributed by atoms with Gasteiger partial charge in [-0.05, 0) is 23.8 Å². The molecular weight excluding hydrogens is 290 g/mol. The molecule has 2 aromatic rings. The summed E-state index contributed by atoms with van der Waals surface area (Å²) in [6.07, 6.45) is -1.12. The fourth-order valence-corrected chi connectivity index (χ4v) is 2.16. The van der Waals surface area contributed by atoms with Gasteiger partial charge in [-0.3, -0.25) is 0 Å². The SMILES string of the molecule is OC(c1ccccc1F)c1ccc(F)cc1Br. The molecule has 0 fully saturated rings. The van der Waals surface area contributed by atoms with Crippen molar-refractivity contribution in [1.82, 2.24) is 0 Å². The average Bonchev–Trinajstić information content (AvgIpc) is 2.29. The third-order valence-electron chi connectivity index (χ3n) is 2.46. The zero-order chi connectivity index (χ0) is 12.4. The van der Waals surface area contributed by atoms with Crippen molar-refractivity contribution in [3.63, 3.8) is 0 Å². The molecule has 4 heteroatoms. The molecule has 88 valence electrons. The predicted octanol–water partition coefficient (Wildman–Crippen LogP) is 3.81. The standard InChI is InChI=1S/C13H9BrF2O/c14-11-7-8(15)5-6-9(11)13(17)10-3-1-2-4-12(10)16/h1-7,13,17H. The molecular formula is C13H9BrF2O. The van der Waals surface area contributed by atoms with Crippen LogP contribution in [0.15, 0.2) is 46.9 Å². The third-order valence-corrected chi connectivity index (χ3v) is 3.14. The number of hydrogen-bond acceptors (Lipinski definition) is 1. The third kappa shape index (κ3) is 2.53. The maximum absolute atomic E-state index is 13.5. The molecule has 0 aliphatic rings. The van der Waals surface area contributed by atoms with Crippen molar-refractivity contribution >= 4 is 15.9 Å². The van der Waals surface area contributed by atoms with Gasteiger partial charge in [0, 0.05) is 10.0 Å². The van der Waals surface area contributed by atoms with Gasteiger partial charge in [-0.1, -0.05) is 40.2 Å². The van der Waals surface area contributed by atoms with Gasteiger partial charge in [-0.15, -0.1) is 0 Å². The van der Waals surface area contributed by atoms with E-state index in [1.807, 2.05) is 0 Å². The fraction of sp³-hybridized carbons (Fsp3) is 0.0769. The van der Waals surface area contributed by atoms with Gasteiger partial charge in [0.15, 0.2) is 0 Å². The Morgan fingerprint density at radius 3 is 2.35 bits per heavy atom. The monoisotopic (exact) mass is 298 g/mol. The maximum atomic E-state index is 13.5. The first-order valence-electron chi connectivity index (χ1n) is 4.97. The Morgan fingerprint density at radius 1 is 1.00 bits per heavy atom. The first-order chi connectivity index (χ1) is 8.09. The first-order valence-corrected chi connectivity index (χ1v) is 5.76. The highest BCUT2D eigenvalue weighted by Crippen LogP contribution is 2.30. The van der Waals surface area contributed by atoms with E-state index in [4.69, 9.17) is 0 Å². The molecule has 0 spiro atoms. The van der Waals surface area contributed by atoms with Crippen LogP contribution in [0.25, 0.3) is 0 Å². The minimum Gasteiger partial charge on any atom is -0.384 e. The van der Waals surface area contributed by atoms with Gasteiger partial charge in [0.05, 0.1) is 0 Å². The number of aliphatic hydroxyl groups is 1. The smallest absolute Gasteiger partial charge is 0.129 e. The fourth-order valence-electron chi connectivity index (χ4n) is 1.59. The zero-order valence-electron chi connectivity index (χ0n) is 8.70. The molecule has 0 heterocycles. The Hall–Kier alpha value is -1.26. The largest absolute Gasteiger partial charge is 0.384 e. The Morgan fingerprint density at radius 2 is 1.71 bits per heavy atom. The molecule has 0 saturated heterocycles. The summed E-state index contributed by atoms with van der Waals surface area (Å²) in [6, 6.07) is 9.84. The van der Waals surface area contributed by atoms with E-state index in [1.54, 1.807) is 12.1 Å². The molecule has 1 nitrogen and oxygen atoms in total. The minimum absolute atomic E-state index is 0.166. The molecule has 1 atom stereocenters. The minimum atomic E-state index is -1.12. The van der Waals surface area contributed by atoms with Gasteiger partial charge < -0.3 is 5.11 Å². The molecule has 2 rings (SSSR count). The second kappa shape index (κ2) is 4.94. The van der Waals surface area contributed by atoms with Gasteiger partial charge >= 0.3 is 0 Å². The van der Waals surface area contributed by atoms with Crippen LogP contribution in [0.1, 0.15) is 17.2 Å². The van der Waals surface area contributed by atoms with E-state index in [9.17, 15) is 13.9 Å². The Bertz CT molecular complexity index is 543. The van der Waals surface area contributed by atoms with Crippen molar-refractivity contribution in [2.75, 3.05) is 0 Å².